The van der Waals surface area contributed by atoms with Crippen molar-refractivity contribution >= 4 is 15.7 Å². The molecule has 3 nitrogen and oxygen atoms in total. The Morgan fingerprint density at radius 3 is 2.10 bits per heavy atom. The average molecular weight is 303 g/mol. The van der Waals surface area contributed by atoms with Crippen LogP contribution in [0.1, 0.15) is 36.5 Å². The van der Waals surface area contributed by atoms with Crippen LogP contribution in [0.4, 0.5) is 5.69 Å². The van der Waals surface area contributed by atoms with Crippen LogP contribution in [-0.2, 0) is 10.0 Å². The normalized spacial score (nSPS) is 11.7. The molecule has 0 aliphatic carbocycles. The second-order valence-electron chi connectivity index (χ2n) is 5.64. The molecule has 0 saturated carbocycles. The highest BCUT2D eigenvalue weighted by molar-refractivity contribution is 7.92. The lowest BCUT2D eigenvalue weighted by Gasteiger charge is -2.13. The molecule has 0 aliphatic heterocycles. The minimum atomic E-state index is -3.53. The average Bonchev–Trinajstić information content (AvgIpc) is 2.38. The van der Waals surface area contributed by atoms with Crippen LogP contribution in [0.2, 0.25) is 0 Å². The first kappa shape index (κ1) is 15.6. The van der Waals surface area contributed by atoms with Gasteiger partial charge in [-0.3, -0.25) is 4.72 Å². The molecule has 0 fully saturated rings. The third-order valence-electron chi connectivity index (χ3n) is 3.48. The molecule has 2 aromatic carbocycles. The molecule has 2 aromatic rings. The zero-order valence-corrected chi connectivity index (χ0v) is 13.7. The highest BCUT2D eigenvalue weighted by atomic mass is 32.2. The molecule has 0 aromatic heterocycles. The van der Waals surface area contributed by atoms with E-state index in [1.54, 1.807) is 24.3 Å². The van der Waals surface area contributed by atoms with E-state index in [0.29, 0.717) is 11.6 Å². The first-order valence-corrected chi connectivity index (χ1v) is 8.48. The standard InChI is InChI=1S/C17H21NO2S/c1-12(2)17-10-7-15(11-14(17)4)18-21(19,20)16-8-5-13(3)6-9-16/h5-12,18H,1-4H3. The molecule has 2 rings (SSSR count). The van der Waals surface area contributed by atoms with Crippen molar-refractivity contribution in [2.45, 2.75) is 38.5 Å². The molecule has 21 heavy (non-hydrogen) atoms. The number of rotatable bonds is 4. The van der Waals surface area contributed by atoms with Gasteiger partial charge in [0.2, 0.25) is 0 Å². The largest absolute Gasteiger partial charge is 0.280 e. The van der Waals surface area contributed by atoms with Gasteiger partial charge < -0.3 is 0 Å². The first-order chi connectivity index (χ1) is 9.79. The maximum Gasteiger partial charge on any atom is 0.261 e. The Morgan fingerprint density at radius 1 is 0.952 bits per heavy atom. The second kappa shape index (κ2) is 5.90. The van der Waals surface area contributed by atoms with E-state index in [1.165, 1.54) is 5.56 Å². The number of anilines is 1. The van der Waals surface area contributed by atoms with Gasteiger partial charge in [0, 0.05) is 5.69 Å². The Morgan fingerprint density at radius 2 is 1.57 bits per heavy atom. The smallest absolute Gasteiger partial charge is 0.261 e. The van der Waals surface area contributed by atoms with Gasteiger partial charge in [0.1, 0.15) is 0 Å². The van der Waals surface area contributed by atoms with Crippen molar-refractivity contribution in [3.63, 3.8) is 0 Å². The lowest BCUT2D eigenvalue weighted by atomic mass is 9.98. The van der Waals surface area contributed by atoms with Gasteiger partial charge in [-0.15, -0.1) is 0 Å². The number of hydrogen-bond donors (Lipinski definition) is 1. The Labute approximate surface area is 127 Å². The minimum absolute atomic E-state index is 0.277. The van der Waals surface area contributed by atoms with Crippen molar-refractivity contribution < 1.29 is 8.42 Å². The third kappa shape index (κ3) is 3.64. The van der Waals surface area contributed by atoms with Crippen LogP contribution in [0, 0.1) is 13.8 Å². The van der Waals surface area contributed by atoms with Gasteiger partial charge in [-0.1, -0.05) is 37.6 Å². The van der Waals surface area contributed by atoms with E-state index >= 15 is 0 Å². The second-order valence-corrected chi connectivity index (χ2v) is 7.33. The number of benzene rings is 2. The molecule has 112 valence electrons. The number of nitrogens with one attached hydrogen (secondary N) is 1. The van der Waals surface area contributed by atoms with Crippen LogP contribution in [0.25, 0.3) is 0 Å². The van der Waals surface area contributed by atoms with Gasteiger partial charge in [-0.05, 0) is 55.2 Å². The predicted molar refractivity (Wildman–Crippen MR) is 87.3 cm³/mol. The summed E-state index contributed by atoms with van der Waals surface area (Å²) in [6, 6.07) is 12.5. The fraction of sp³-hybridized carbons (Fsp3) is 0.294. The molecule has 0 heterocycles. The van der Waals surface area contributed by atoms with Crippen LogP contribution in [0.3, 0.4) is 0 Å². The maximum absolute atomic E-state index is 12.3. The van der Waals surface area contributed by atoms with Crippen molar-refractivity contribution in [2.24, 2.45) is 0 Å². The van der Waals surface area contributed by atoms with E-state index in [-0.39, 0.29) is 4.90 Å². The molecule has 0 bridgehead atoms. The molecule has 4 heteroatoms. The minimum Gasteiger partial charge on any atom is -0.280 e. The summed E-state index contributed by atoms with van der Waals surface area (Å²) in [5.74, 6) is 0.424. The fourth-order valence-electron chi connectivity index (χ4n) is 2.32. The summed E-state index contributed by atoms with van der Waals surface area (Å²) in [5, 5.41) is 0. The summed E-state index contributed by atoms with van der Waals surface area (Å²) < 4.78 is 27.3. The molecule has 0 saturated heterocycles. The number of sulfonamides is 1. The highest BCUT2D eigenvalue weighted by Crippen LogP contribution is 2.24. The van der Waals surface area contributed by atoms with Crippen molar-refractivity contribution in [3.8, 4) is 0 Å². The monoisotopic (exact) mass is 303 g/mol. The van der Waals surface area contributed by atoms with Crippen molar-refractivity contribution in [3.05, 3.63) is 59.2 Å². The van der Waals surface area contributed by atoms with E-state index < -0.39 is 10.0 Å². The third-order valence-corrected chi connectivity index (χ3v) is 4.87. The van der Waals surface area contributed by atoms with Crippen molar-refractivity contribution in [1.82, 2.24) is 0 Å². The fourth-order valence-corrected chi connectivity index (χ4v) is 3.37. The van der Waals surface area contributed by atoms with Crippen LogP contribution in [-0.4, -0.2) is 8.42 Å². The van der Waals surface area contributed by atoms with E-state index in [4.69, 9.17) is 0 Å². The molecule has 0 radical (unpaired) electrons. The predicted octanol–water partition coefficient (Wildman–Crippen LogP) is 4.23. The molecular weight excluding hydrogens is 282 g/mol. The van der Waals surface area contributed by atoms with Gasteiger partial charge in [-0.2, -0.15) is 0 Å². The van der Waals surface area contributed by atoms with Gasteiger partial charge >= 0.3 is 0 Å². The van der Waals surface area contributed by atoms with E-state index in [1.807, 2.05) is 32.0 Å². The molecular formula is C17H21NO2S. The Kier molecular flexibility index (Phi) is 4.37. The van der Waals surface area contributed by atoms with Crippen molar-refractivity contribution in [1.29, 1.82) is 0 Å². The van der Waals surface area contributed by atoms with E-state index in [9.17, 15) is 8.42 Å². The van der Waals surface area contributed by atoms with Crippen LogP contribution in [0.5, 0.6) is 0 Å². The van der Waals surface area contributed by atoms with Crippen molar-refractivity contribution in [2.75, 3.05) is 4.72 Å². The molecule has 0 spiro atoms. The Hall–Kier alpha value is -1.81. The highest BCUT2D eigenvalue weighted by Gasteiger charge is 2.14. The summed E-state index contributed by atoms with van der Waals surface area (Å²) >= 11 is 0. The van der Waals surface area contributed by atoms with Gasteiger partial charge in [0.15, 0.2) is 0 Å². The van der Waals surface area contributed by atoms with E-state index in [0.717, 1.165) is 11.1 Å². The summed E-state index contributed by atoms with van der Waals surface area (Å²) in [7, 11) is -3.53. The van der Waals surface area contributed by atoms with E-state index in [2.05, 4.69) is 18.6 Å². The Balaban J connectivity index is 2.29. The lowest BCUT2D eigenvalue weighted by Crippen LogP contribution is -2.13. The molecule has 0 amide bonds. The number of hydrogen-bond acceptors (Lipinski definition) is 2. The molecule has 1 N–H and O–H groups in total. The molecule has 0 aliphatic rings. The van der Waals surface area contributed by atoms with Crippen LogP contribution < -0.4 is 4.72 Å². The summed E-state index contributed by atoms with van der Waals surface area (Å²) in [6.07, 6.45) is 0. The molecule has 0 atom stereocenters. The Bertz CT molecular complexity index is 732. The van der Waals surface area contributed by atoms with Gasteiger partial charge in [-0.25, -0.2) is 8.42 Å². The van der Waals surface area contributed by atoms with Gasteiger partial charge in [0.25, 0.3) is 10.0 Å². The molecule has 0 unspecified atom stereocenters. The van der Waals surface area contributed by atoms with Crippen LogP contribution in [0.15, 0.2) is 47.4 Å². The zero-order valence-electron chi connectivity index (χ0n) is 12.8. The summed E-state index contributed by atoms with van der Waals surface area (Å²) in [5.41, 5.74) is 3.95. The van der Waals surface area contributed by atoms with Gasteiger partial charge in [0.05, 0.1) is 4.90 Å². The SMILES string of the molecule is Cc1ccc(S(=O)(=O)Nc2ccc(C(C)C)c(C)c2)cc1. The quantitative estimate of drug-likeness (QED) is 0.919. The number of aryl methyl sites for hydroxylation is 2. The summed E-state index contributed by atoms with van der Waals surface area (Å²) in [4.78, 5) is 0.277. The zero-order chi connectivity index (χ0) is 15.6. The maximum atomic E-state index is 12.3. The summed E-state index contributed by atoms with van der Waals surface area (Å²) in [6.45, 7) is 8.17. The lowest BCUT2D eigenvalue weighted by molar-refractivity contribution is 0.601. The van der Waals surface area contributed by atoms with Crippen LogP contribution >= 0.6 is 0 Å². The topological polar surface area (TPSA) is 46.2 Å². The first-order valence-electron chi connectivity index (χ1n) is 6.99.